The van der Waals surface area contributed by atoms with Crippen LogP contribution in [0.3, 0.4) is 0 Å². The van der Waals surface area contributed by atoms with Gasteiger partial charge >= 0.3 is 0 Å². The van der Waals surface area contributed by atoms with Crippen LogP contribution in [0.1, 0.15) is 23.9 Å². The molecule has 0 bridgehead atoms. The molecule has 2 N–H and O–H groups in total. The minimum absolute atomic E-state index is 0.0995. The van der Waals surface area contributed by atoms with Crippen molar-refractivity contribution in [1.82, 2.24) is 4.98 Å². The number of aromatic nitrogens is 1. The second kappa shape index (κ2) is 1.57. The molecule has 0 aliphatic heterocycles. The van der Waals surface area contributed by atoms with Crippen LogP contribution >= 0.6 is 0 Å². The number of rotatable bonds is 0. The van der Waals surface area contributed by atoms with Crippen LogP contribution in [-0.2, 0) is 6.42 Å². The highest BCUT2D eigenvalue weighted by molar-refractivity contribution is 5.17. The molecule has 1 unspecified atom stereocenters. The maximum Gasteiger partial charge on any atom is 0.181 e. The predicted octanol–water partition coefficient (Wildman–Crippen LogP) is 0.621. The van der Waals surface area contributed by atoms with E-state index in [1.807, 2.05) is 0 Å². The average Bonchev–Trinajstić information content (AvgIpc) is 2.35. The Bertz CT molecular complexity index is 219. The lowest BCUT2D eigenvalue weighted by Gasteiger charge is -1.95. The van der Waals surface area contributed by atoms with Gasteiger partial charge in [-0.2, -0.15) is 0 Å². The summed E-state index contributed by atoms with van der Waals surface area (Å²) in [6.07, 6.45) is 3.43. The lowest BCUT2D eigenvalue weighted by molar-refractivity contribution is 0.468. The van der Waals surface area contributed by atoms with Crippen molar-refractivity contribution in [3.8, 4) is 0 Å². The van der Waals surface area contributed by atoms with Crippen LogP contribution < -0.4 is 5.73 Å². The van der Waals surface area contributed by atoms with Crippen LogP contribution in [0.5, 0.6) is 0 Å². The summed E-state index contributed by atoms with van der Waals surface area (Å²) >= 11 is 0. The lowest BCUT2D eigenvalue weighted by Crippen LogP contribution is -2.03. The van der Waals surface area contributed by atoms with Gasteiger partial charge in [-0.15, -0.1) is 0 Å². The summed E-state index contributed by atoms with van der Waals surface area (Å²) in [7, 11) is 0. The molecule has 3 heteroatoms. The molecular formula is C6H8N2O. The molecule has 1 aliphatic rings. The smallest absolute Gasteiger partial charge is 0.181 e. The molecule has 1 atom stereocenters. The molecule has 1 aromatic heterocycles. The van der Waals surface area contributed by atoms with E-state index in [2.05, 4.69) is 4.98 Å². The van der Waals surface area contributed by atoms with Crippen molar-refractivity contribution >= 4 is 0 Å². The van der Waals surface area contributed by atoms with E-state index in [4.69, 9.17) is 10.2 Å². The minimum atomic E-state index is 0.0995. The Morgan fingerprint density at radius 1 is 1.78 bits per heavy atom. The summed E-state index contributed by atoms with van der Waals surface area (Å²) in [6.45, 7) is 0. The van der Waals surface area contributed by atoms with E-state index in [-0.39, 0.29) is 6.04 Å². The molecule has 2 rings (SSSR count). The van der Waals surface area contributed by atoms with Crippen LogP contribution in [0.4, 0.5) is 0 Å². The number of nitrogens with two attached hydrogens (primary N) is 1. The van der Waals surface area contributed by atoms with Crippen molar-refractivity contribution < 1.29 is 4.42 Å². The lowest BCUT2D eigenvalue weighted by atomic mass is 10.3. The molecule has 9 heavy (non-hydrogen) atoms. The highest BCUT2D eigenvalue weighted by Gasteiger charge is 2.22. The van der Waals surface area contributed by atoms with Crippen molar-refractivity contribution in [2.45, 2.75) is 18.9 Å². The van der Waals surface area contributed by atoms with Gasteiger partial charge in [0.25, 0.3) is 0 Å². The summed E-state index contributed by atoms with van der Waals surface area (Å²) in [5.74, 6) is 0.884. The Kier molecular flexibility index (Phi) is 0.873. The van der Waals surface area contributed by atoms with E-state index in [1.54, 1.807) is 0 Å². The zero-order chi connectivity index (χ0) is 6.27. The molecule has 0 aromatic carbocycles. The van der Waals surface area contributed by atoms with Crippen molar-refractivity contribution in [3.05, 3.63) is 17.8 Å². The third-order valence-corrected chi connectivity index (χ3v) is 1.70. The first-order valence-corrected chi connectivity index (χ1v) is 3.06. The maximum absolute atomic E-state index is 5.66. The number of hydrogen-bond acceptors (Lipinski definition) is 3. The molecule has 1 aliphatic carbocycles. The molecule has 1 heterocycles. The molecule has 3 nitrogen and oxygen atoms in total. The molecule has 0 amide bonds. The molecule has 0 saturated carbocycles. The van der Waals surface area contributed by atoms with Gasteiger partial charge in [-0.25, -0.2) is 4.98 Å². The first-order valence-electron chi connectivity index (χ1n) is 3.06. The summed E-state index contributed by atoms with van der Waals surface area (Å²) in [4.78, 5) is 4.00. The standard InChI is InChI=1S/C6H8N2O/c7-4-1-2-5-6(4)9-3-8-5/h3-4H,1-2,7H2. The highest BCUT2D eigenvalue weighted by Crippen LogP contribution is 2.27. The van der Waals surface area contributed by atoms with E-state index in [9.17, 15) is 0 Å². The minimum Gasteiger partial charge on any atom is -0.447 e. The Morgan fingerprint density at radius 2 is 2.67 bits per heavy atom. The third-order valence-electron chi connectivity index (χ3n) is 1.70. The molecule has 1 aromatic rings. The largest absolute Gasteiger partial charge is 0.447 e. The van der Waals surface area contributed by atoms with E-state index in [1.165, 1.54) is 6.39 Å². The molecule has 0 radical (unpaired) electrons. The average molecular weight is 124 g/mol. The van der Waals surface area contributed by atoms with Gasteiger partial charge in [0, 0.05) is 0 Å². The molecule has 0 spiro atoms. The Morgan fingerprint density at radius 3 is 3.44 bits per heavy atom. The fraction of sp³-hybridized carbons (Fsp3) is 0.500. The summed E-state index contributed by atoms with van der Waals surface area (Å²) in [6, 6.07) is 0.0995. The summed E-state index contributed by atoms with van der Waals surface area (Å²) in [5, 5.41) is 0. The summed E-state index contributed by atoms with van der Waals surface area (Å²) in [5.41, 5.74) is 6.70. The van der Waals surface area contributed by atoms with Crippen LogP contribution in [0.15, 0.2) is 10.8 Å². The first-order chi connectivity index (χ1) is 4.38. The fourth-order valence-electron chi connectivity index (χ4n) is 1.19. The van der Waals surface area contributed by atoms with Gasteiger partial charge in [0.1, 0.15) is 5.76 Å². The molecule has 48 valence electrons. The van der Waals surface area contributed by atoms with Gasteiger partial charge in [-0.3, -0.25) is 0 Å². The van der Waals surface area contributed by atoms with Crippen LogP contribution in [0, 0.1) is 0 Å². The second-order valence-corrected chi connectivity index (χ2v) is 2.31. The van der Waals surface area contributed by atoms with E-state index in [0.717, 1.165) is 24.3 Å². The van der Waals surface area contributed by atoms with Gasteiger partial charge in [0.15, 0.2) is 6.39 Å². The Balaban J connectivity index is 2.49. The summed E-state index contributed by atoms with van der Waals surface area (Å²) < 4.78 is 5.05. The number of fused-ring (bicyclic) bond motifs is 1. The number of nitrogens with zero attached hydrogens (tertiary/aromatic N) is 1. The zero-order valence-corrected chi connectivity index (χ0v) is 5.00. The van der Waals surface area contributed by atoms with Gasteiger partial charge in [-0.1, -0.05) is 0 Å². The monoisotopic (exact) mass is 124 g/mol. The van der Waals surface area contributed by atoms with Gasteiger partial charge in [-0.05, 0) is 12.8 Å². The fourth-order valence-corrected chi connectivity index (χ4v) is 1.19. The van der Waals surface area contributed by atoms with Crippen molar-refractivity contribution in [2.24, 2.45) is 5.73 Å². The van der Waals surface area contributed by atoms with Gasteiger partial charge in [0.2, 0.25) is 0 Å². The van der Waals surface area contributed by atoms with E-state index >= 15 is 0 Å². The number of aryl methyl sites for hydroxylation is 1. The Hall–Kier alpha value is -0.830. The van der Waals surface area contributed by atoms with Crippen LogP contribution in [0.25, 0.3) is 0 Å². The molecule has 0 saturated heterocycles. The normalized spacial score (nSPS) is 24.3. The first kappa shape index (κ1) is 4.99. The molecule has 0 fully saturated rings. The number of hydrogen-bond donors (Lipinski definition) is 1. The van der Waals surface area contributed by atoms with Crippen molar-refractivity contribution in [2.75, 3.05) is 0 Å². The highest BCUT2D eigenvalue weighted by atomic mass is 16.3. The predicted molar refractivity (Wildman–Crippen MR) is 31.8 cm³/mol. The Labute approximate surface area is 52.9 Å². The van der Waals surface area contributed by atoms with Crippen LogP contribution in [0.2, 0.25) is 0 Å². The van der Waals surface area contributed by atoms with Gasteiger partial charge < -0.3 is 10.2 Å². The number of oxazole rings is 1. The third kappa shape index (κ3) is 0.580. The van der Waals surface area contributed by atoms with E-state index < -0.39 is 0 Å². The topological polar surface area (TPSA) is 52.0 Å². The SMILES string of the molecule is NC1CCc2ncoc21. The zero-order valence-electron chi connectivity index (χ0n) is 5.00. The van der Waals surface area contributed by atoms with Crippen molar-refractivity contribution in [3.63, 3.8) is 0 Å². The van der Waals surface area contributed by atoms with Crippen LogP contribution in [-0.4, -0.2) is 4.98 Å². The quantitative estimate of drug-likeness (QED) is 0.551. The van der Waals surface area contributed by atoms with Crippen molar-refractivity contribution in [1.29, 1.82) is 0 Å². The second-order valence-electron chi connectivity index (χ2n) is 2.31. The van der Waals surface area contributed by atoms with Gasteiger partial charge in [0.05, 0.1) is 11.7 Å². The maximum atomic E-state index is 5.66. The van der Waals surface area contributed by atoms with E-state index in [0.29, 0.717) is 0 Å². The molecular weight excluding hydrogens is 116 g/mol.